The highest BCUT2D eigenvalue weighted by Crippen LogP contribution is 2.45. The zero-order valence-corrected chi connectivity index (χ0v) is 12.0. The van der Waals surface area contributed by atoms with E-state index in [1.807, 2.05) is 0 Å². The minimum Gasteiger partial charge on any atom is -0.480 e. The predicted molar refractivity (Wildman–Crippen MR) is 71.2 cm³/mol. The molecule has 1 aliphatic carbocycles. The van der Waals surface area contributed by atoms with Gasteiger partial charge in [-0.2, -0.15) is 4.98 Å². The Labute approximate surface area is 114 Å². The molecule has 5 nitrogen and oxygen atoms in total. The van der Waals surface area contributed by atoms with E-state index in [2.05, 4.69) is 23.8 Å². The highest BCUT2D eigenvalue weighted by atomic mass is 16.5. The number of methoxy groups -OCH3 is 2. The van der Waals surface area contributed by atoms with Gasteiger partial charge in [0.15, 0.2) is 0 Å². The molecule has 0 saturated heterocycles. The van der Waals surface area contributed by atoms with E-state index in [0.717, 1.165) is 12.8 Å². The first-order chi connectivity index (χ1) is 9.01. The van der Waals surface area contributed by atoms with Gasteiger partial charge in [0.25, 0.3) is 0 Å². The van der Waals surface area contributed by atoms with Gasteiger partial charge >= 0.3 is 0 Å². The van der Waals surface area contributed by atoms with Crippen LogP contribution in [0.4, 0.5) is 0 Å². The van der Waals surface area contributed by atoms with Crippen molar-refractivity contribution in [1.29, 1.82) is 0 Å². The maximum atomic E-state index is 11.0. The molecule has 19 heavy (non-hydrogen) atoms. The van der Waals surface area contributed by atoms with Crippen LogP contribution in [0, 0.1) is 11.8 Å². The topological polar surface area (TPSA) is 64.5 Å². The van der Waals surface area contributed by atoms with Crippen LogP contribution in [0.3, 0.4) is 0 Å². The second kappa shape index (κ2) is 5.33. The molecule has 0 aliphatic heterocycles. The summed E-state index contributed by atoms with van der Waals surface area (Å²) in [6.07, 6.45) is 4.33. The van der Waals surface area contributed by atoms with Crippen molar-refractivity contribution in [2.24, 2.45) is 11.8 Å². The molecule has 1 aliphatic rings. The van der Waals surface area contributed by atoms with Gasteiger partial charge < -0.3 is 14.6 Å². The van der Waals surface area contributed by atoms with Crippen LogP contribution in [0.5, 0.6) is 11.8 Å². The molecule has 5 heteroatoms. The summed E-state index contributed by atoms with van der Waals surface area (Å²) in [6.45, 7) is 4.21. The van der Waals surface area contributed by atoms with Crippen molar-refractivity contribution < 1.29 is 14.6 Å². The third-order valence-corrected chi connectivity index (χ3v) is 4.10. The van der Waals surface area contributed by atoms with Crippen molar-refractivity contribution in [3.63, 3.8) is 0 Å². The second-order valence-electron chi connectivity index (χ2n) is 5.48. The van der Waals surface area contributed by atoms with Crippen LogP contribution < -0.4 is 9.47 Å². The minimum absolute atomic E-state index is 0.139. The van der Waals surface area contributed by atoms with Crippen molar-refractivity contribution in [1.82, 2.24) is 9.97 Å². The third kappa shape index (κ3) is 2.52. The standard InChI is InChI=1S/C14H22N2O3/c1-9-5-6-10(2)14(17,7-9)12-13(19-4)16-11(18-3)8-15-12/h8-10,17H,5-7H2,1-4H3. The van der Waals surface area contributed by atoms with Gasteiger partial charge in [0, 0.05) is 0 Å². The molecule has 0 aromatic carbocycles. The maximum absolute atomic E-state index is 11.0. The first-order valence-electron chi connectivity index (χ1n) is 6.69. The van der Waals surface area contributed by atoms with Gasteiger partial charge in [0.1, 0.15) is 11.3 Å². The normalized spacial score (nSPS) is 31.0. The van der Waals surface area contributed by atoms with Crippen LogP contribution in [0.2, 0.25) is 0 Å². The van der Waals surface area contributed by atoms with E-state index in [0.29, 0.717) is 29.8 Å². The molecule has 3 unspecified atom stereocenters. The molecule has 2 rings (SSSR count). The lowest BCUT2D eigenvalue weighted by molar-refractivity contribution is -0.0681. The van der Waals surface area contributed by atoms with Crippen LogP contribution in [-0.4, -0.2) is 29.3 Å². The molecule has 1 fully saturated rings. The number of ether oxygens (including phenoxy) is 2. The van der Waals surface area contributed by atoms with E-state index < -0.39 is 5.60 Å². The van der Waals surface area contributed by atoms with Crippen LogP contribution in [0.15, 0.2) is 6.20 Å². The molecule has 106 valence electrons. The Kier molecular flexibility index (Phi) is 3.94. The molecule has 3 atom stereocenters. The Morgan fingerprint density at radius 3 is 2.63 bits per heavy atom. The van der Waals surface area contributed by atoms with E-state index >= 15 is 0 Å². The molecule has 0 spiro atoms. The maximum Gasteiger partial charge on any atom is 0.241 e. The number of aliphatic hydroxyl groups is 1. The number of nitrogens with zero attached hydrogens (tertiary/aromatic N) is 2. The molecule has 1 N–H and O–H groups in total. The summed E-state index contributed by atoms with van der Waals surface area (Å²) in [4.78, 5) is 8.56. The number of rotatable bonds is 3. The van der Waals surface area contributed by atoms with Crippen LogP contribution in [-0.2, 0) is 5.60 Å². The summed E-state index contributed by atoms with van der Waals surface area (Å²) in [5.41, 5.74) is -0.447. The number of aromatic nitrogens is 2. The smallest absolute Gasteiger partial charge is 0.241 e. The van der Waals surface area contributed by atoms with E-state index in [1.165, 1.54) is 20.4 Å². The first kappa shape index (κ1) is 14.1. The fourth-order valence-electron chi connectivity index (χ4n) is 2.83. The largest absolute Gasteiger partial charge is 0.480 e. The predicted octanol–water partition coefficient (Wildman–Crippen LogP) is 2.14. The fraction of sp³-hybridized carbons (Fsp3) is 0.714. The Hall–Kier alpha value is -1.36. The number of hydrogen-bond donors (Lipinski definition) is 1. The number of hydrogen-bond acceptors (Lipinski definition) is 5. The van der Waals surface area contributed by atoms with Crippen molar-refractivity contribution >= 4 is 0 Å². The third-order valence-electron chi connectivity index (χ3n) is 4.10. The molecule has 0 amide bonds. The Morgan fingerprint density at radius 1 is 1.26 bits per heavy atom. The highest BCUT2D eigenvalue weighted by molar-refractivity contribution is 5.29. The quantitative estimate of drug-likeness (QED) is 0.908. The first-order valence-corrected chi connectivity index (χ1v) is 6.69. The lowest BCUT2D eigenvalue weighted by atomic mass is 9.70. The minimum atomic E-state index is -0.970. The van der Waals surface area contributed by atoms with Crippen molar-refractivity contribution in [3.05, 3.63) is 11.9 Å². The SMILES string of the molecule is COc1cnc(C2(O)CC(C)CCC2C)c(OC)n1. The zero-order valence-electron chi connectivity index (χ0n) is 12.0. The van der Waals surface area contributed by atoms with E-state index in [4.69, 9.17) is 9.47 Å². The van der Waals surface area contributed by atoms with Crippen LogP contribution in [0.25, 0.3) is 0 Å². The molecule has 1 heterocycles. The van der Waals surface area contributed by atoms with Gasteiger partial charge in [-0.15, -0.1) is 0 Å². The Bertz CT molecular complexity index is 452. The van der Waals surface area contributed by atoms with Gasteiger partial charge in [0.05, 0.1) is 20.4 Å². The summed E-state index contributed by atoms with van der Waals surface area (Å²) in [5, 5.41) is 11.0. The van der Waals surface area contributed by atoms with Gasteiger partial charge in [-0.3, -0.25) is 0 Å². The average Bonchev–Trinajstić information content (AvgIpc) is 2.42. The lowest BCUT2D eigenvalue weighted by Crippen LogP contribution is -2.40. The Morgan fingerprint density at radius 2 is 2.00 bits per heavy atom. The van der Waals surface area contributed by atoms with Crippen LogP contribution in [0.1, 0.15) is 38.8 Å². The van der Waals surface area contributed by atoms with Gasteiger partial charge in [-0.05, 0) is 24.7 Å². The molecular weight excluding hydrogens is 244 g/mol. The average molecular weight is 266 g/mol. The van der Waals surface area contributed by atoms with Gasteiger partial charge in [-0.1, -0.05) is 20.3 Å². The molecule has 0 radical (unpaired) electrons. The summed E-state index contributed by atoms with van der Waals surface area (Å²) in [7, 11) is 3.07. The summed E-state index contributed by atoms with van der Waals surface area (Å²) in [5.74, 6) is 1.35. The van der Waals surface area contributed by atoms with E-state index in [1.54, 1.807) is 0 Å². The summed E-state index contributed by atoms with van der Waals surface area (Å²) < 4.78 is 10.3. The molecule has 1 aromatic rings. The van der Waals surface area contributed by atoms with Crippen molar-refractivity contribution in [2.45, 2.75) is 38.7 Å². The monoisotopic (exact) mass is 266 g/mol. The molecule has 1 aromatic heterocycles. The summed E-state index contributed by atoms with van der Waals surface area (Å²) >= 11 is 0. The van der Waals surface area contributed by atoms with Gasteiger partial charge in [-0.25, -0.2) is 4.98 Å². The van der Waals surface area contributed by atoms with Crippen molar-refractivity contribution in [2.75, 3.05) is 14.2 Å². The molecule has 0 bridgehead atoms. The summed E-state index contributed by atoms with van der Waals surface area (Å²) in [6, 6.07) is 0. The zero-order chi connectivity index (χ0) is 14.0. The lowest BCUT2D eigenvalue weighted by Gasteiger charge is -2.40. The fourth-order valence-corrected chi connectivity index (χ4v) is 2.83. The molecule has 1 saturated carbocycles. The second-order valence-corrected chi connectivity index (χ2v) is 5.48. The van der Waals surface area contributed by atoms with Crippen molar-refractivity contribution in [3.8, 4) is 11.8 Å². The molecular formula is C14H22N2O3. The van der Waals surface area contributed by atoms with E-state index in [9.17, 15) is 5.11 Å². The van der Waals surface area contributed by atoms with Gasteiger partial charge in [0.2, 0.25) is 11.8 Å². The van der Waals surface area contributed by atoms with Crippen LogP contribution >= 0.6 is 0 Å². The Balaban J connectivity index is 2.43. The highest BCUT2D eigenvalue weighted by Gasteiger charge is 2.44. The van der Waals surface area contributed by atoms with E-state index in [-0.39, 0.29) is 5.92 Å².